The third kappa shape index (κ3) is 6.17. The monoisotopic (exact) mass is 310 g/mol. The summed E-state index contributed by atoms with van der Waals surface area (Å²) in [4.78, 5) is 6.81. The highest BCUT2D eigenvalue weighted by Crippen LogP contribution is 2.20. The van der Waals surface area contributed by atoms with Crippen LogP contribution in [-0.4, -0.2) is 28.4 Å². The van der Waals surface area contributed by atoms with Crippen molar-refractivity contribution in [2.24, 2.45) is 0 Å². The first-order chi connectivity index (χ1) is 9.13. The lowest BCUT2D eigenvalue weighted by atomic mass is 10.1. The summed E-state index contributed by atoms with van der Waals surface area (Å²) < 4.78 is 57.5. The summed E-state index contributed by atoms with van der Waals surface area (Å²) in [5.74, 6) is 0.368. The van der Waals surface area contributed by atoms with Gasteiger partial charge >= 0.3 is 15.6 Å². The van der Waals surface area contributed by atoms with E-state index in [1.165, 1.54) is 0 Å². The Bertz CT molecular complexity index is 583. The van der Waals surface area contributed by atoms with Gasteiger partial charge in [0.1, 0.15) is 11.7 Å². The second kappa shape index (κ2) is 7.47. The van der Waals surface area contributed by atoms with E-state index in [1.807, 2.05) is 6.07 Å². The molecule has 0 saturated carbocycles. The molecule has 1 aromatic rings. The molecule has 1 rings (SSSR count). The average molecular weight is 310 g/mol. The second-order valence-corrected chi connectivity index (χ2v) is 4.69. The minimum absolute atomic E-state index is 0.278. The van der Waals surface area contributed by atoms with Crippen molar-refractivity contribution in [3.05, 3.63) is 18.2 Å². The van der Waals surface area contributed by atoms with E-state index < -0.39 is 15.6 Å². The van der Waals surface area contributed by atoms with Crippen LogP contribution < -0.4 is 0 Å². The van der Waals surface area contributed by atoms with Gasteiger partial charge in [0.25, 0.3) is 0 Å². The zero-order chi connectivity index (χ0) is 15.8. The number of halogens is 3. The molecule has 1 atom stereocenters. The molecule has 0 aliphatic heterocycles. The maximum atomic E-state index is 10.7. The van der Waals surface area contributed by atoms with Gasteiger partial charge in [-0.15, -0.1) is 0 Å². The molecule has 1 unspecified atom stereocenters. The molecule has 110 valence electrons. The van der Waals surface area contributed by atoms with Crippen molar-refractivity contribution >= 4 is 10.1 Å². The number of imidazole rings is 1. The summed E-state index contributed by atoms with van der Waals surface area (Å²) >= 11 is 0. The molecule has 0 aromatic carbocycles. The molecular weight excluding hydrogens is 301 g/mol. The van der Waals surface area contributed by atoms with Gasteiger partial charge in [-0.25, -0.2) is 4.98 Å². The molecule has 2 N–H and O–H groups in total. The van der Waals surface area contributed by atoms with E-state index in [0.717, 1.165) is 0 Å². The van der Waals surface area contributed by atoms with E-state index in [2.05, 4.69) is 16.0 Å². The van der Waals surface area contributed by atoms with Gasteiger partial charge < -0.3 is 4.98 Å². The van der Waals surface area contributed by atoms with Crippen LogP contribution in [0.1, 0.15) is 24.6 Å². The van der Waals surface area contributed by atoms with Crippen LogP contribution in [0.5, 0.6) is 0 Å². The number of alkyl halides is 3. The smallest absolute Gasteiger partial charge is 0.347 e. The maximum absolute atomic E-state index is 10.7. The zero-order valence-electron chi connectivity index (χ0n) is 9.79. The van der Waals surface area contributed by atoms with E-state index in [4.69, 9.17) is 23.5 Å². The van der Waals surface area contributed by atoms with Crippen LogP contribution >= 0.6 is 0 Å². The number of nitriles is 2. The molecule has 20 heavy (non-hydrogen) atoms. The van der Waals surface area contributed by atoms with Crippen molar-refractivity contribution in [2.75, 3.05) is 0 Å². The largest absolute Gasteiger partial charge is 0.522 e. The first kappa shape index (κ1) is 17.9. The van der Waals surface area contributed by atoms with Crippen molar-refractivity contribution < 1.29 is 26.1 Å². The van der Waals surface area contributed by atoms with Gasteiger partial charge in [0, 0.05) is 18.8 Å². The highest BCUT2D eigenvalue weighted by Gasteiger charge is 2.44. The Labute approximate surface area is 112 Å². The minimum Gasteiger partial charge on any atom is -0.347 e. The molecule has 7 nitrogen and oxygen atoms in total. The predicted molar refractivity (Wildman–Crippen MR) is 59.4 cm³/mol. The van der Waals surface area contributed by atoms with E-state index in [1.54, 1.807) is 12.4 Å². The number of hydrogen-bond donors (Lipinski definition) is 2. The first-order valence-corrected chi connectivity index (χ1v) is 6.37. The quantitative estimate of drug-likeness (QED) is 0.645. The van der Waals surface area contributed by atoms with Crippen LogP contribution in [0.4, 0.5) is 13.2 Å². The number of H-pyrrole nitrogens is 1. The van der Waals surface area contributed by atoms with Gasteiger partial charge in [0.15, 0.2) is 0 Å². The van der Waals surface area contributed by atoms with Crippen LogP contribution in [0.15, 0.2) is 12.4 Å². The normalized spacial score (nSPS) is 12.5. The fourth-order valence-corrected chi connectivity index (χ4v) is 0.939. The Morgan fingerprint density at radius 3 is 2.30 bits per heavy atom. The number of aromatic nitrogens is 2. The molecule has 0 radical (unpaired) electrons. The summed E-state index contributed by atoms with van der Waals surface area (Å²) in [6, 6.07) is 4.10. The number of hydrogen-bond acceptors (Lipinski definition) is 5. The maximum Gasteiger partial charge on any atom is 0.522 e. The van der Waals surface area contributed by atoms with Gasteiger partial charge in [0.05, 0.1) is 12.1 Å². The number of nitrogens with zero attached hydrogens (tertiary/aromatic N) is 3. The summed E-state index contributed by atoms with van der Waals surface area (Å²) in [6.07, 6.45) is 4.21. The number of aromatic amines is 1. The Hall–Kier alpha value is -2.11. The highest BCUT2D eigenvalue weighted by atomic mass is 32.2. The Balaban J connectivity index is 0.000000396. The van der Waals surface area contributed by atoms with Gasteiger partial charge in [-0.3, -0.25) is 4.55 Å². The molecule has 11 heteroatoms. The third-order valence-corrected chi connectivity index (χ3v) is 2.43. The lowest BCUT2D eigenvalue weighted by Crippen LogP contribution is -2.21. The lowest BCUT2D eigenvalue weighted by Gasteiger charge is -2.00. The summed E-state index contributed by atoms with van der Waals surface area (Å²) in [6.45, 7) is 0. The van der Waals surface area contributed by atoms with Crippen LogP contribution in [0.25, 0.3) is 0 Å². The third-order valence-electron chi connectivity index (χ3n) is 1.84. The Morgan fingerprint density at radius 1 is 1.45 bits per heavy atom. The van der Waals surface area contributed by atoms with Crippen LogP contribution in [0.3, 0.4) is 0 Å². The van der Waals surface area contributed by atoms with Crippen molar-refractivity contribution in [3.63, 3.8) is 0 Å². The molecular formula is C9H9F3N4O3S. The minimum atomic E-state index is -5.84. The van der Waals surface area contributed by atoms with E-state index >= 15 is 0 Å². The number of rotatable bonds is 3. The number of nitrogens with one attached hydrogen (secondary N) is 1. The summed E-state index contributed by atoms with van der Waals surface area (Å²) in [5, 5.41) is 17.0. The van der Waals surface area contributed by atoms with Gasteiger partial charge in [-0.1, -0.05) is 0 Å². The Morgan fingerprint density at radius 2 is 2.00 bits per heavy atom. The Kier molecular flexibility index (Phi) is 6.68. The lowest BCUT2D eigenvalue weighted by molar-refractivity contribution is -0.0510. The van der Waals surface area contributed by atoms with Crippen LogP contribution in [0.2, 0.25) is 0 Å². The predicted octanol–water partition coefficient (Wildman–Crippen LogP) is 1.71. The standard InChI is InChI=1S/C8H8N4.CHF3O3S/c9-3-1-2-7(6-10)8-11-4-5-12-8;2-1(3,4)8(5,6)7/h4-5,7H,1-2H2,(H,11,12);(H,5,6,7). The van der Waals surface area contributed by atoms with E-state index in [9.17, 15) is 13.2 Å². The topological polar surface area (TPSA) is 131 Å². The van der Waals surface area contributed by atoms with Gasteiger partial charge in [-0.05, 0) is 6.42 Å². The van der Waals surface area contributed by atoms with Gasteiger partial charge in [-0.2, -0.15) is 32.1 Å². The molecule has 0 amide bonds. The summed E-state index contributed by atoms with van der Waals surface area (Å²) in [7, 11) is -5.84. The molecule has 1 aromatic heterocycles. The van der Waals surface area contributed by atoms with Crippen molar-refractivity contribution in [2.45, 2.75) is 24.3 Å². The summed E-state index contributed by atoms with van der Waals surface area (Å²) in [5.41, 5.74) is -5.53. The average Bonchev–Trinajstić information content (AvgIpc) is 2.82. The molecule has 0 fully saturated rings. The SMILES string of the molecule is N#CCCC(C#N)c1ncc[nH]1.O=S(=O)(O)C(F)(F)F. The fraction of sp³-hybridized carbons (Fsp3) is 0.444. The van der Waals surface area contributed by atoms with Crippen molar-refractivity contribution in [1.82, 2.24) is 9.97 Å². The van der Waals surface area contributed by atoms with Crippen molar-refractivity contribution in [1.29, 1.82) is 10.5 Å². The first-order valence-electron chi connectivity index (χ1n) is 4.93. The molecule has 0 bridgehead atoms. The van der Waals surface area contributed by atoms with Crippen molar-refractivity contribution in [3.8, 4) is 12.1 Å². The molecule has 0 spiro atoms. The molecule has 0 aliphatic rings. The van der Waals surface area contributed by atoms with Gasteiger partial charge in [0.2, 0.25) is 0 Å². The zero-order valence-corrected chi connectivity index (χ0v) is 10.6. The van der Waals surface area contributed by atoms with Crippen LogP contribution in [0, 0.1) is 22.7 Å². The van der Waals surface area contributed by atoms with Crippen LogP contribution in [-0.2, 0) is 10.1 Å². The van der Waals surface area contributed by atoms with E-state index in [0.29, 0.717) is 18.7 Å². The molecule has 1 heterocycles. The fourth-order valence-electron chi connectivity index (χ4n) is 0.939. The highest BCUT2D eigenvalue weighted by molar-refractivity contribution is 7.86. The molecule has 0 saturated heterocycles. The van der Waals surface area contributed by atoms with E-state index in [-0.39, 0.29) is 5.92 Å². The molecule has 0 aliphatic carbocycles. The second-order valence-electron chi connectivity index (χ2n) is 3.27.